The van der Waals surface area contributed by atoms with E-state index in [9.17, 15) is 4.79 Å². The quantitative estimate of drug-likeness (QED) is 0.611. The lowest BCUT2D eigenvalue weighted by Crippen LogP contribution is -2.44. The first-order valence-electron chi connectivity index (χ1n) is 9.88. The number of likely N-dealkylation sites (tertiary alicyclic amines) is 1. The molecule has 1 aliphatic rings. The number of hydrogen-bond donors (Lipinski definition) is 2. The van der Waals surface area contributed by atoms with E-state index >= 15 is 0 Å². The van der Waals surface area contributed by atoms with E-state index in [4.69, 9.17) is 4.74 Å². The zero-order chi connectivity index (χ0) is 20.9. The SMILES string of the molecule is CN=C(NCc1cccc(-n2cccn2)c1)N1CC[C@@H](NC(=O)OC(C)(C)C)C1. The molecule has 2 N–H and O–H groups in total. The van der Waals surface area contributed by atoms with Crippen LogP contribution in [0, 0.1) is 0 Å². The third-order valence-electron chi connectivity index (χ3n) is 4.55. The molecule has 1 aromatic heterocycles. The van der Waals surface area contributed by atoms with Crippen molar-refractivity contribution in [3.63, 3.8) is 0 Å². The third kappa shape index (κ3) is 5.97. The van der Waals surface area contributed by atoms with Gasteiger partial charge in [-0.2, -0.15) is 5.10 Å². The highest BCUT2D eigenvalue weighted by Gasteiger charge is 2.27. The average molecular weight is 399 g/mol. The van der Waals surface area contributed by atoms with Crippen LogP contribution in [-0.2, 0) is 11.3 Å². The van der Waals surface area contributed by atoms with Crippen molar-refractivity contribution in [2.24, 2.45) is 4.99 Å². The van der Waals surface area contributed by atoms with Crippen LogP contribution < -0.4 is 10.6 Å². The van der Waals surface area contributed by atoms with Gasteiger partial charge in [-0.3, -0.25) is 4.99 Å². The topological polar surface area (TPSA) is 83.8 Å². The van der Waals surface area contributed by atoms with Crippen LogP contribution in [0.15, 0.2) is 47.7 Å². The lowest BCUT2D eigenvalue weighted by molar-refractivity contribution is 0.0507. The van der Waals surface area contributed by atoms with E-state index in [0.717, 1.165) is 30.2 Å². The second-order valence-electron chi connectivity index (χ2n) is 8.10. The zero-order valence-electron chi connectivity index (χ0n) is 17.6. The summed E-state index contributed by atoms with van der Waals surface area (Å²) in [6, 6.07) is 10.2. The monoisotopic (exact) mass is 398 g/mol. The number of carbonyl (C=O) groups is 1. The van der Waals surface area contributed by atoms with Crippen molar-refractivity contribution < 1.29 is 9.53 Å². The van der Waals surface area contributed by atoms with E-state index in [1.807, 2.05) is 49.8 Å². The molecule has 0 spiro atoms. The van der Waals surface area contributed by atoms with Crippen LogP contribution in [0.1, 0.15) is 32.8 Å². The molecule has 156 valence electrons. The number of aromatic nitrogens is 2. The van der Waals surface area contributed by atoms with Crippen molar-refractivity contribution in [3.05, 3.63) is 48.3 Å². The smallest absolute Gasteiger partial charge is 0.407 e. The summed E-state index contributed by atoms with van der Waals surface area (Å²) in [7, 11) is 1.77. The van der Waals surface area contributed by atoms with Gasteiger partial charge in [-0.1, -0.05) is 12.1 Å². The van der Waals surface area contributed by atoms with Crippen molar-refractivity contribution in [1.29, 1.82) is 0 Å². The molecule has 2 aromatic rings. The third-order valence-corrected chi connectivity index (χ3v) is 4.55. The van der Waals surface area contributed by atoms with Gasteiger partial charge in [-0.15, -0.1) is 0 Å². The minimum atomic E-state index is -0.495. The molecule has 0 radical (unpaired) electrons. The van der Waals surface area contributed by atoms with Crippen LogP contribution in [0.2, 0.25) is 0 Å². The molecular weight excluding hydrogens is 368 g/mol. The maximum atomic E-state index is 12.0. The lowest BCUT2D eigenvalue weighted by Gasteiger charge is -2.23. The summed E-state index contributed by atoms with van der Waals surface area (Å²) in [5, 5.41) is 10.6. The van der Waals surface area contributed by atoms with Gasteiger partial charge in [0.2, 0.25) is 0 Å². The summed E-state index contributed by atoms with van der Waals surface area (Å²) in [4.78, 5) is 18.5. The van der Waals surface area contributed by atoms with Crippen LogP contribution in [0.4, 0.5) is 4.79 Å². The molecule has 1 amide bonds. The van der Waals surface area contributed by atoms with Crippen LogP contribution in [0.3, 0.4) is 0 Å². The molecule has 1 saturated heterocycles. The number of amides is 1. The number of alkyl carbamates (subject to hydrolysis) is 1. The number of aliphatic imine (C=N–C) groups is 1. The average Bonchev–Trinajstić information content (AvgIpc) is 3.33. The van der Waals surface area contributed by atoms with Crippen molar-refractivity contribution in [3.8, 4) is 5.69 Å². The van der Waals surface area contributed by atoms with E-state index in [-0.39, 0.29) is 12.1 Å². The molecule has 8 nitrogen and oxygen atoms in total. The van der Waals surface area contributed by atoms with E-state index < -0.39 is 5.60 Å². The Morgan fingerprint density at radius 2 is 2.17 bits per heavy atom. The predicted octanol–water partition coefficient (Wildman–Crippen LogP) is 2.55. The molecule has 8 heteroatoms. The number of hydrogen-bond acceptors (Lipinski definition) is 4. The summed E-state index contributed by atoms with van der Waals surface area (Å²) in [6.45, 7) is 7.77. The van der Waals surface area contributed by atoms with Gasteiger partial charge in [-0.25, -0.2) is 9.48 Å². The standard InChI is InChI=1S/C21H30N6O2/c1-21(2,3)29-20(28)25-17-9-12-26(15-17)19(22-4)23-14-16-7-5-8-18(13-16)27-11-6-10-24-27/h5-8,10-11,13,17H,9,12,14-15H2,1-4H3,(H,22,23)(H,25,28)/t17-/m1/s1. The Hall–Kier alpha value is -3.03. The van der Waals surface area contributed by atoms with E-state index in [1.54, 1.807) is 13.2 Å². The van der Waals surface area contributed by atoms with Gasteiger partial charge in [0, 0.05) is 39.1 Å². The number of guanidine groups is 1. The molecule has 0 bridgehead atoms. The Morgan fingerprint density at radius 1 is 1.34 bits per heavy atom. The predicted molar refractivity (Wildman–Crippen MR) is 113 cm³/mol. The summed E-state index contributed by atoms with van der Waals surface area (Å²) in [6.07, 6.45) is 4.17. The molecule has 0 saturated carbocycles. The molecule has 0 unspecified atom stereocenters. The molecular formula is C21H30N6O2. The highest BCUT2D eigenvalue weighted by atomic mass is 16.6. The normalized spacial score (nSPS) is 17.3. The maximum Gasteiger partial charge on any atom is 0.407 e. The van der Waals surface area contributed by atoms with Crippen LogP contribution >= 0.6 is 0 Å². The Morgan fingerprint density at radius 3 is 2.86 bits per heavy atom. The molecule has 2 heterocycles. The lowest BCUT2D eigenvalue weighted by atomic mass is 10.2. The number of carbonyl (C=O) groups excluding carboxylic acids is 1. The number of benzene rings is 1. The highest BCUT2D eigenvalue weighted by molar-refractivity contribution is 5.80. The van der Waals surface area contributed by atoms with Crippen molar-refractivity contribution >= 4 is 12.1 Å². The van der Waals surface area contributed by atoms with Crippen molar-refractivity contribution in [1.82, 2.24) is 25.3 Å². The summed E-state index contributed by atoms with van der Waals surface area (Å²) >= 11 is 0. The molecule has 1 fully saturated rings. The van der Waals surface area contributed by atoms with Crippen molar-refractivity contribution in [2.45, 2.75) is 45.4 Å². The van der Waals surface area contributed by atoms with E-state index in [1.165, 1.54) is 0 Å². The van der Waals surface area contributed by atoms with Gasteiger partial charge >= 0.3 is 6.09 Å². The Bertz CT molecular complexity index is 841. The van der Waals surface area contributed by atoms with Gasteiger partial charge in [0.25, 0.3) is 0 Å². The first-order chi connectivity index (χ1) is 13.8. The van der Waals surface area contributed by atoms with E-state index in [0.29, 0.717) is 13.1 Å². The second-order valence-corrected chi connectivity index (χ2v) is 8.10. The summed E-state index contributed by atoms with van der Waals surface area (Å²) in [5.74, 6) is 0.822. The number of rotatable bonds is 4. The van der Waals surface area contributed by atoms with Crippen LogP contribution in [-0.4, -0.2) is 58.5 Å². The largest absolute Gasteiger partial charge is 0.444 e. The Kier molecular flexibility index (Phi) is 6.41. The zero-order valence-corrected chi connectivity index (χ0v) is 17.6. The minimum Gasteiger partial charge on any atom is -0.444 e. The fourth-order valence-electron chi connectivity index (χ4n) is 3.29. The minimum absolute atomic E-state index is 0.0477. The molecule has 1 aliphatic heterocycles. The first kappa shape index (κ1) is 20.7. The Labute approximate surface area is 171 Å². The highest BCUT2D eigenvalue weighted by Crippen LogP contribution is 2.13. The second kappa shape index (κ2) is 8.98. The van der Waals surface area contributed by atoms with Crippen LogP contribution in [0.25, 0.3) is 5.69 Å². The first-order valence-corrected chi connectivity index (χ1v) is 9.88. The van der Waals surface area contributed by atoms with Gasteiger partial charge in [0.05, 0.1) is 11.7 Å². The molecule has 1 atom stereocenters. The van der Waals surface area contributed by atoms with Gasteiger partial charge in [0.15, 0.2) is 5.96 Å². The summed E-state index contributed by atoms with van der Waals surface area (Å²) < 4.78 is 7.19. The van der Waals surface area contributed by atoms with Gasteiger partial charge in [-0.05, 0) is 51.0 Å². The molecule has 29 heavy (non-hydrogen) atoms. The van der Waals surface area contributed by atoms with Crippen LogP contribution in [0.5, 0.6) is 0 Å². The van der Waals surface area contributed by atoms with Gasteiger partial charge in [0.1, 0.15) is 5.60 Å². The van der Waals surface area contributed by atoms with E-state index in [2.05, 4.69) is 37.8 Å². The molecule has 3 rings (SSSR count). The van der Waals surface area contributed by atoms with Crippen molar-refractivity contribution in [2.75, 3.05) is 20.1 Å². The molecule has 1 aromatic carbocycles. The number of nitrogens with zero attached hydrogens (tertiary/aromatic N) is 4. The summed E-state index contributed by atoms with van der Waals surface area (Å²) in [5.41, 5.74) is 1.67. The maximum absolute atomic E-state index is 12.0. The number of ether oxygens (including phenoxy) is 1. The Balaban J connectivity index is 1.52. The fraction of sp³-hybridized carbons (Fsp3) is 0.476. The number of nitrogens with one attached hydrogen (secondary N) is 2. The fourth-order valence-corrected chi connectivity index (χ4v) is 3.29. The van der Waals surface area contributed by atoms with Gasteiger partial charge < -0.3 is 20.3 Å². The molecule has 0 aliphatic carbocycles.